The first kappa shape index (κ1) is 23.5. The number of benzene rings is 2. The van der Waals surface area contributed by atoms with Gasteiger partial charge in [-0.1, -0.05) is 77.9 Å². The summed E-state index contributed by atoms with van der Waals surface area (Å²) in [4.78, 5) is 22.3. The highest BCUT2D eigenvalue weighted by molar-refractivity contribution is 6.01. The van der Waals surface area contributed by atoms with Crippen molar-refractivity contribution in [2.45, 2.75) is 48.5 Å². The van der Waals surface area contributed by atoms with E-state index in [0.717, 1.165) is 23.0 Å². The fourth-order valence-electron chi connectivity index (χ4n) is 2.24. The molecular formula is C23H35N3O2. The Bertz CT molecular complexity index is 781. The van der Waals surface area contributed by atoms with Crippen LogP contribution in [0.4, 0.5) is 10.5 Å². The minimum atomic E-state index is -0.161. The predicted octanol–water partition coefficient (Wildman–Crippen LogP) is 5.18. The van der Waals surface area contributed by atoms with Crippen molar-refractivity contribution >= 4 is 28.4 Å². The van der Waals surface area contributed by atoms with Gasteiger partial charge in [0.1, 0.15) is 0 Å². The fourth-order valence-corrected chi connectivity index (χ4v) is 2.24. The van der Waals surface area contributed by atoms with Gasteiger partial charge in [0, 0.05) is 25.4 Å². The first-order valence-corrected chi connectivity index (χ1v) is 9.64. The van der Waals surface area contributed by atoms with E-state index in [-0.39, 0.29) is 22.8 Å². The van der Waals surface area contributed by atoms with E-state index in [2.05, 4.69) is 57.5 Å². The lowest BCUT2D eigenvalue weighted by Gasteiger charge is -2.19. The van der Waals surface area contributed by atoms with Gasteiger partial charge in [0.15, 0.2) is 0 Å². The van der Waals surface area contributed by atoms with Crippen LogP contribution < -0.4 is 16.0 Å². The van der Waals surface area contributed by atoms with Crippen LogP contribution in [-0.4, -0.2) is 25.0 Å². The van der Waals surface area contributed by atoms with Crippen molar-refractivity contribution in [3.63, 3.8) is 0 Å². The third kappa shape index (κ3) is 9.95. The van der Waals surface area contributed by atoms with Crippen LogP contribution in [-0.2, 0) is 4.79 Å². The molecule has 5 heteroatoms. The minimum absolute atomic E-state index is 0.0462. The highest BCUT2D eigenvalue weighted by Crippen LogP contribution is 2.22. The average Bonchev–Trinajstić information content (AvgIpc) is 2.58. The zero-order chi connectivity index (χ0) is 21.4. The third-order valence-electron chi connectivity index (χ3n) is 3.68. The van der Waals surface area contributed by atoms with Crippen LogP contribution in [0, 0.1) is 10.8 Å². The van der Waals surface area contributed by atoms with Gasteiger partial charge >= 0.3 is 6.03 Å². The van der Waals surface area contributed by atoms with Crippen LogP contribution >= 0.6 is 0 Å². The number of hydrogen-bond donors (Lipinski definition) is 3. The standard InChI is InChI=1S/C16H20N2O.C7H15NO/c1-16(2,3)11-17-15(19)18-14-10-6-8-12-7-4-5-9-13(12)14;1-6(9)8-5-7(2,3)4/h4-10H,11H2,1-3H3,(H2,17,18,19);5H2,1-4H3,(H,8,9). The quantitative estimate of drug-likeness (QED) is 0.681. The molecule has 0 unspecified atom stereocenters. The van der Waals surface area contributed by atoms with Gasteiger partial charge in [-0.2, -0.15) is 0 Å². The van der Waals surface area contributed by atoms with E-state index < -0.39 is 0 Å². The monoisotopic (exact) mass is 385 g/mol. The molecule has 0 atom stereocenters. The highest BCUT2D eigenvalue weighted by atomic mass is 16.2. The molecule has 2 aromatic rings. The summed E-state index contributed by atoms with van der Waals surface area (Å²) in [6.07, 6.45) is 0. The summed E-state index contributed by atoms with van der Waals surface area (Å²) in [5.74, 6) is 0.0462. The molecule has 0 aliphatic rings. The Balaban J connectivity index is 0.000000370. The lowest BCUT2D eigenvalue weighted by Crippen LogP contribution is -2.35. The molecule has 0 fully saturated rings. The van der Waals surface area contributed by atoms with Gasteiger partial charge < -0.3 is 16.0 Å². The zero-order valence-electron chi connectivity index (χ0n) is 18.3. The number of urea groups is 1. The Morgan fingerprint density at radius 2 is 1.32 bits per heavy atom. The third-order valence-corrected chi connectivity index (χ3v) is 3.68. The van der Waals surface area contributed by atoms with Crippen LogP contribution in [0.3, 0.4) is 0 Å². The first-order valence-electron chi connectivity index (χ1n) is 9.64. The molecule has 28 heavy (non-hydrogen) atoms. The number of hydrogen-bond acceptors (Lipinski definition) is 2. The van der Waals surface area contributed by atoms with Crippen LogP contribution in [0.15, 0.2) is 42.5 Å². The topological polar surface area (TPSA) is 70.2 Å². The van der Waals surface area contributed by atoms with Crippen molar-refractivity contribution in [2.24, 2.45) is 10.8 Å². The van der Waals surface area contributed by atoms with Crippen molar-refractivity contribution in [2.75, 3.05) is 18.4 Å². The van der Waals surface area contributed by atoms with E-state index in [0.29, 0.717) is 6.54 Å². The zero-order valence-corrected chi connectivity index (χ0v) is 18.3. The van der Waals surface area contributed by atoms with Crippen LogP contribution in [0.5, 0.6) is 0 Å². The van der Waals surface area contributed by atoms with Crippen molar-refractivity contribution in [3.05, 3.63) is 42.5 Å². The summed E-state index contributed by atoms with van der Waals surface area (Å²) in [7, 11) is 0. The van der Waals surface area contributed by atoms with Crippen molar-refractivity contribution in [1.29, 1.82) is 0 Å². The molecule has 0 radical (unpaired) electrons. The first-order chi connectivity index (χ1) is 12.9. The van der Waals surface area contributed by atoms with Gasteiger partial charge in [0.05, 0.1) is 5.69 Å². The van der Waals surface area contributed by atoms with Crippen LogP contribution in [0.25, 0.3) is 10.8 Å². The molecule has 2 rings (SSSR count). The molecule has 0 aliphatic heterocycles. The van der Waals surface area contributed by atoms with E-state index in [1.807, 2.05) is 42.5 Å². The normalized spacial score (nSPS) is 11.2. The molecule has 154 valence electrons. The van der Waals surface area contributed by atoms with Crippen molar-refractivity contribution in [1.82, 2.24) is 10.6 Å². The number of carbonyl (C=O) groups excluding carboxylic acids is 2. The molecule has 0 heterocycles. The SMILES string of the molecule is CC(=O)NCC(C)(C)C.CC(C)(C)CNC(=O)Nc1cccc2ccccc12. The Labute approximate surface area is 169 Å². The molecule has 0 aromatic heterocycles. The number of fused-ring (bicyclic) bond motifs is 1. The Morgan fingerprint density at radius 3 is 1.86 bits per heavy atom. The maximum atomic E-state index is 11.9. The van der Waals surface area contributed by atoms with E-state index in [1.165, 1.54) is 6.92 Å². The Kier molecular flexibility index (Phi) is 8.48. The molecule has 0 aliphatic carbocycles. The van der Waals surface area contributed by atoms with Gasteiger partial charge in [-0.25, -0.2) is 4.79 Å². The molecule has 0 saturated heterocycles. The van der Waals surface area contributed by atoms with Crippen molar-refractivity contribution < 1.29 is 9.59 Å². The Morgan fingerprint density at radius 1 is 0.786 bits per heavy atom. The minimum Gasteiger partial charge on any atom is -0.356 e. The molecule has 0 bridgehead atoms. The molecule has 2 aromatic carbocycles. The van der Waals surface area contributed by atoms with Crippen LogP contribution in [0.1, 0.15) is 48.5 Å². The van der Waals surface area contributed by atoms with E-state index >= 15 is 0 Å². The maximum Gasteiger partial charge on any atom is 0.319 e. The number of carbonyl (C=O) groups is 2. The summed E-state index contributed by atoms with van der Waals surface area (Å²) >= 11 is 0. The lowest BCUT2D eigenvalue weighted by atomic mass is 9.97. The molecule has 0 saturated carbocycles. The summed E-state index contributed by atoms with van der Waals surface area (Å²) in [6.45, 7) is 15.5. The lowest BCUT2D eigenvalue weighted by molar-refractivity contribution is -0.119. The number of amides is 3. The summed E-state index contributed by atoms with van der Waals surface area (Å²) in [5, 5.41) is 10.7. The van der Waals surface area contributed by atoms with Gasteiger partial charge in [0.2, 0.25) is 5.91 Å². The van der Waals surface area contributed by atoms with Crippen molar-refractivity contribution in [3.8, 4) is 0 Å². The molecule has 3 amide bonds. The van der Waals surface area contributed by atoms with Crippen LogP contribution in [0.2, 0.25) is 0 Å². The summed E-state index contributed by atoms with van der Waals surface area (Å²) in [6, 6.07) is 13.7. The molecular weight excluding hydrogens is 350 g/mol. The van der Waals surface area contributed by atoms with Gasteiger partial charge in [-0.3, -0.25) is 4.79 Å². The van der Waals surface area contributed by atoms with E-state index in [9.17, 15) is 9.59 Å². The van der Waals surface area contributed by atoms with E-state index in [4.69, 9.17) is 0 Å². The number of anilines is 1. The smallest absolute Gasteiger partial charge is 0.319 e. The average molecular weight is 386 g/mol. The van der Waals surface area contributed by atoms with Gasteiger partial charge in [-0.15, -0.1) is 0 Å². The molecule has 3 N–H and O–H groups in total. The van der Waals surface area contributed by atoms with Gasteiger partial charge in [-0.05, 0) is 22.3 Å². The second-order valence-corrected chi connectivity index (χ2v) is 9.37. The Hall–Kier alpha value is -2.56. The second kappa shape index (κ2) is 10.1. The largest absolute Gasteiger partial charge is 0.356 e. The predicted molar refractivity (Wildman–Crippen MR) is 119 cm³/mol. The van der Waals surface area contributed by atoms with E-state index in [1.54, 1.807) is 0 Å². The number of nitrogens with one attached hydrogen (secondary N) is 3. The summed E-state index contributed by atoms with van der Waals surface area (Å²) < 4.78 is 0. The fraction of sp³-hybridized carbons (Fsp3) is 0.478. The maximum absolute atomic E-state index is 11.9. The second-order valence-electron chi connectivity index (χ2n) is 9.37. The molecule has 5 nitrogen and oxygen atoms in total. The summed E-state index contributed by atoms with van der Waals surface area (Å²) in [5.41, 5.74) is 1.12. The molecule has 0 spiro atoms. The number of rotatable bonds is 3. The van der Waals surface area contributed by atoms with Gasteiger partial charge in [0.25, 0.3) is 0 Å². The highest BCUT2D eigenvalue weighted by Gasteiger charge is 2.12.